The van der Waals surface area contributed by atoms with E-state index < -0.39 is 6.10 Å². The molecule has 0 saturated carbocycles. The van der Waals surface area contributed by atoms with Crippen molar-refractivity contribution in [1.29, 1.82) is 0 Å². The number of anilines is 1. The van der Waals surface area contributed by atoms with Gasteiger partial charge in [-0.3, -0.25) is 4.79 Å². The highest BCUT2D eigenvalue weighted by Crippen LogP contribution is 2.29. The Bertz CT molecular complexity index is 492. The topological polar surface area (TPSA) is 61.4 Å². The Kier molecular flexibility index (Phi) is 4.45. The highest BCUT2D eigenvalue weighted by atomic mass is 16.3. The number of hydrogen-bond acceptors (Lipinski definition) is 3. The first kappa shape index (κ1) is 15.0. The third-order valence-electron chi connectivity index (χ3n) is 3.50. The molecule has 0 spiro atoms. The Hall–Kier alpha value is -1.39. The van der Waals surface area contributed by atoms with Crippen molar-refractivity contribution in [2.75, 3.05) is 11.9 Å². The van der Waals surface area contributed by atoms with Crippen LogP contribution in [0.15, 0.2) is 18.2 Å². The molecule has 2 rings (SSSR count). The van der Waals surface area contributed by atoms with Gasteiger partial charge in [0.25, 0.3) is 0 Å². The molecule has 0 fully saturated rings. The molecule has 4 heteroatoms. The Morgan fingerprint density at radius 3 is 2.80 bits per heavy atom. The summed E-state index contributed by atoms with van der Waals surface area (Å²) in [6.45, 7) is 6.73. The van der Waals surface area contributed by atoms with Crippen LogP contribution in [0.1, 0.15) is 50.8 Å². The Morgan fingerprint density at radius 1 is 1.35 bits per heavy atom. The van der Waals surface area contributed by atoms with Gasteiger partial charge in [0.15, 0.2) is 0 Å². The summed E-state index contributed by atoms with van der Waals surface area (Å²) in [5, 5.41) is 16.7. The van der Waals surface area contributed by atoms with Crippen molar-refractivity contribution in [2.45, 2.75) is 51.7 Å². The van der Waals surface area contributed by atoms with Crippen LogP contribution in [0.5, 0.6) is 0 Å². The van der Waals surface area contributed by atoms with E-state index in [2.05, 4.69) is 31.4 Å². The Labute approximate surface area is 120 Å². The van der Waals surface area contributed by atoms with Crippen molar-refractivity contribution in [3.8, 4) is 0 Å². The average molecular weight is 276 g/mol. The third-order valence-corrected chi connectivity index (χ3v) is 3.50. The van der Waals surface area contributed by atoms with E-state index in [1.807, 2.05) is 18.2 Å². The standard InChI is InChI=1S/C16H24N2O2/c1-16(2,3)17-10-14(19)12-7-4-8-13-11(12)6-5-9-15(20)18-13/h4,7-8,14,17,19H,5-6,9-10H2,1-3H3,(H,18,20)/t14-/m0/s1. The maximum atomic E-state index is 11.6. The molecule has 0 radical (unpaired) electrons. The number of fused-ring (bicyclic) bond motifs is 1. The number of β-amino-alcohol motifs (C(OH)–C–C–N with tert-alkyl or cyclic N) is 1. The largest absolute Gasteiger partial charge is 0.387 e. The molecule has 1 aliphatic rings. The fourth-order valence-corrected chi connectivity index (χ4v) is 2.46. The molecule has 1 aromatic carbocycles. The first-order chi connectivity index (χ1) is 9.37. The van der Waals surface area contributed by atoms with Crippen molar-refractivity contribution in [3.05, 3.63) is 29.3 Å². The number of aliphatic hydroxyl groups excluding tert-OH is 1. The smallest absolute Gasteiger partial charge is 0.224 e. The van der Waals surface area contributed by atoms with Gasteiger partial charge in [-0.2, -0.15) is 0 Å². The number of hydrogen-bond donors (Lipinski definition) is 3. The van der Waals surface area contributed by atoms with E-state index in [1.54, 1.807) is 0 Å². The minimum atomic E-state index is -0.556. The second-order valence-corrected chi connectivity index (χ2v) is 6.42. The predicted molar refractivity (Wildman–Crippen MR) is 80.7 cm³/mol. The lowest BCUT2D eigenvalue weighted by molar-refractivity contribution is -0.116. The van der Waals surface area contributed by atoms with Gasteiger partial charge in [-0.05, 0) is 50.8 Å². The van der Waals surface area contributed by atoms with Gasteiger partial charge in [0.2, 0.25) is 5.91 Å². The summed E-state index contributed by atoms with van der Waals surface area (Å²) in [6.07, 6.45) is 1.65. The fourth-order valence-electron chi connectivity index (χ4n) is 2.46. The minimum absolute atomic E-state index is 0.0269. The maximum absolute atomic E-state index is 11.6. The molecular weight excluding hydrogens is 252 g/mol. The maximum Gasteiger partial charge on any atom is 0.224 e. The molecule has 1 aromatic rings. The Balaban J connectivity index is 2.20. The van der Waals surface area contributed by atoms with E-state index in [0.29, 0.717) is 13.0 Å². The van der Waals surface area contributed by atoms with Gasteiger partial charge in [0.1, 0.15) is 0 Å². The van der Waals surface area contributed by atoms with Gasteiger partial charge in [-0.25, -0.2) is 0 Å². The molecule has 0 bridgehead atoms. The number of carbonyl (C=O) groups excluding carboxylic acids is 1. The van der Waals surface area contributed by atoms with Crippen LogP contribution in [-0.4, -0.2) is 23.1 Å². The molecule has 0 aliphatic carbocycles. The van der Waals surface area contributed by atoms with Gasteiger partial charge >= 0.3 is 0 Å². The van der Waals surface area contributed by atoms with Crippen LogP contribution < -0.4 is 10.6 Å². The summed E-state index contributed by atoms with van der Waals surface area (Å²) in [5.74, 6) is 0.0585. The monoisotopic (exact) mass is 276 g/mol. The molecule has 1 aliphatic heterocycles. The lowest BCUT2D eigenvalue weighted by Crippen LogP contribution is -2.38. The van der Waals surface area contributed by atoms with Crippen LogP contribution >= 0.6 is 0 Å². The van der Waals surface area contributed by atoms with E-state index in [4.69, 9.17) is 0 Å². The summed E-state index contributed by atoms with van der Waals surface area (Å²) in [6, 6.07) is 5.75. The first-order valence-corrected chi connectivity index (χ1v) is 7.21. The minimum Gasteiger partial charge on any atom is -0.387 e. The number of nitrogens with one attached hydrogen (secondary N) is 2. The zero-order valence-electron chi connectivity index (χ0n) is 12.5. The second-order valence-electron chi connectivity index (χ2n) is 6.42. The van der Waals surface area contributed by atoms with Crippen LogP contribution in [0.2, 0.25) is 0 Å². The summed E-state index contributed by atoms with van der Waals surface area (Å²) in [4.78, 5) is 11.6. The number of carbonyl (C=O) groups is 1. The van der Waals surface area contributed by atoms with Crippen LogP contribution in [0.3, 0.4) is 0 Å². The second kappa shape index (κ2) is 5.94. The Morgan fingerprint density at radius 2 is 2.10 bits per heavy atom. The molecule has 1 heterocycles. The van der Waals surface area contributed by atoms with Crippen molar-refractivity contribution in [2.24, 2.45) is 0 Å². The van der Waals surface area contributed by atoms with Crippen LogP contribution in [-0.2, 0) is 11.2 Å². The third kappa shape index (κ3) is 3.81. The average Bonchev–Trinajstić information content (AvgIpc) is 2.55. The van der Waals surface area contributed by atoms with Gasteiger partial charge in [-0.1, -0.05) is 12.1 Å². The molecule has 4 nitrogen and oxygen atoms in total. The van der Waals surface area contributed by atoms with E-state index in [9.17, 15) is 9.90 Å². The van der Waals surface area contributed by atoms with Crippen LogP contribution in [0.4, 0.5) is 5.69 Å². The van der Waals surface area contributed by atoms with Gasteiger partial charge in [0, 0.05) is 24.2 Å². The van der Waals surface area contributed by atoms with Crippen LogP contribution in [0.25, 0.3) is 0 Å². The van der Waals surface area contributed by atoms with Crippen molar-refractivity contribution >= 4 is 11.6 Å². The van der Waals surface area contributed by atoms with E-state index in [-0.39, 0.29) is 11.4 Å². The molecule has 1 atom stereocenters. The summed E-state index contributed by atoms with van der Waals surface area (Å²) >= 11 is 0. The predicted octanol–water partition coefficient (Wildman–Crippen LogP) is 2.38. The highest BCUT2D eigenvalue weighted by molar-refractivity contribution is 5.92. The molecule has 20 heavy (non-hydrogen) atoms. The summed E-state index contributed by atoms with van der Waals surface area (Å²) < 4.78 is 0. The molecule has 0 aromatic heterocycles. The number of amides is 1. The quantitative estimate of drug-likeness (QED) is 0.794. The number of aliphatic hydroxyl groups is 1. The van der Waals surface area contributed by atoms with Gasteiger partial charge in [0.05, 0.1) is 6.10 Å². The van der Waals surface area contributed by atoms with Crippen molar-refractivity contribution in [3.63, 3.8) is 0 Å². The summed E-state index contributed by atoms with van der Waals surface area (Å²) in [5.41, 5.74) is 2.81. The van der Waals surface area contributed by atoms with E-state index in [0.717, 1.165) is 29.7 Å². The lowest BCUT2D eigenvalue weighted by atomic mass is 9.96. The molecule has 110 valence electrons. The van der Waals surface area contributed by atoms with Crippen LogP contribution in [0, 0.1) is 0 Å². The van der Waals surface area contributed by atoms with E-state index in [1.165, 1.54) is 0 Å². The highest BCUT2D eigenvalue weighted by Gasteiger charge is 2.20. The number of benzene rings is 1. The van der Waals surface area contributed by atoms with Gasteiger partial charge < -0.3 is 15.7 Å². The lowest BCUT2D eigenvalue weighted by Gasteiger charge is -2.24. The SMILES string of the molecule is CC(C)(C)NC[C@H](O)c1cccc2c1CCCC(=O)N2. The van der Waals surface area contributed by atoms with Crippen molar-refractivity contribution < 1.29 is 9.90 Å². The molecule has 3 N–H and O–H groups in total. The normalized spacial score (nSPS) is 17.1. The zero-order chi connectivity index (χ0) is 14.8. The first-order valence-electron chi connectivity index (χ1n) is 7.21. The molecule has 0 saturated heterocycles. The summed E-state index contributed by atoms with van der Waals surface area (Å²) in [7, 11) is 0. The van der Waals surface area contributed by atoms with Crippen molar-refractivity contribution in [1.82, 2.24) is 5.32 Å². The fraction of sp³-hybridized carbons (Fsp3) is 0.562. The number of rotatable bonds is 3. The van der Waals surface area contributed by atoms with Gasteiger partial charge in [-0.15, -0.1) is 0 Å². The molecule has 1 amide bonds. The van der Waals surface area contributed by atoms with E-state index >= 15 is 0 Å². The zero-order valence-corrected chi connectivity index (χ0v) is 12.5. The molecule has 0 unspecified atom stereocenters. The molecular formula is C16H24N2O2.